The molecule has 0 saturated heterocycles. The Labute approximate surface area is 195 Å². The number of carbonyl (C=O) groups excluding carboxylic acids is 1. The van der Waals surface area contributed by atoms with Gasteiger partial charge in [0, 0.05) is 18.7 Å². The lowest BCUT2D eigenvalue weighted by molar-refractivity contribution is -0.384. The number of rotatable bonds is 11. The highest BCUT2D eigenvalue weighted by Gasteiger charge is 2.34. The fraction of sp³-hybridized carbons (Fsp3) is 0.435. The van der Waals surface area contributed by atoms with Crippen molar-refractivity contribution in [3.8, 4) is 5.75 Å². The van der Waals surface area contributed by atoms with Crippen molar-refractivity contribution in [2.24, 2.45) is 0 Å². The van der Waals surface area contributed by atoms with E-state index in [-0.39, 0.29) is 30.1 Å². The van der Waals surface area contributed by atoms with Crippen molar-refractivity contribution in [3.63, 3.8) is 0 Å². The summed E-state index contributed by atoms with van der Waals surface area (Å²) in [5.41, 5.74) is 2.85. The number of carbonyl (C=O) groups is 1. The fourth-order valence-electron chi connectivity index (χ4n) is 3.71. The Morgan fingerprint density at radius 1 is 1.12 bits per heavy atom. The maximum atomic E-state index is 13.2. The Morgan fingerprint density at radius 3 is 2.33 bits per heavy atom. The second-order valence-electron chi connectivity index (χ2n) is 7.62. The summed E-state index contributed by atoms with van der Waals surface area (Å²) in [5, 5.41) is 14.1. The van der Waals surface area contributed by atoms with E-state index in [9.17, 15) is 23.3 Å². The minimum Gasteiger partial charge on any atom is -0.495 e. The third-order valence-electron chi connectivity index (χ3n) is 5.45. The van der Waals surface area contributed by atoms with Crippen LogP contribution < -0.4 is 14.4 Å². The van der Waals surface area contributed by atoms with E-state index in [1.165, 1.54) is 19.2 Å². The zero-order valence-corrected chi connectivity index (χ0v) is 20.4. The molecule has 1 amide bonds. The summed E-state index contributed by atoms with van der Waals surface area (Å²) >= 11 is 0. The van der Waals surface area contributed by atoms with Gasteiger partial charge in [-0.1, -0.05) is 39.0 Å². The highest BCUT2D eigenvalue weighted by molar-refractivity contribution is 7.92. The smallest absolute Gasteiger partial charge is 0.271 e. The topological polar surface area (TPSA) is 119 Å². The number of sulfonamides is 1. The molecule has 0 aromatic heterocycles. The lowest BCUT2D eigenvalue weighted by Gasteiger charge is -2.31. The Kier molecular flexibility index (Phi) is 8.81. The number of methoxy groups -OCH3 is 1. The zero-order valence-electron chi connectivity index (χ0n) is 19.6. The Bertz CT molecular complexity index is 1120. The van der Waals surface area contributed by atoms with Crippen LogP contribution in [0, 0.1) is 10.1 Å². The van der Waals surface area contributed by atoms with Crippen LogP contribution in [0.15, 0.2) is 36.4 Å². The van der Waals surface area contributed by atoms with Crippen LogP contribution >= 0.6 is 0 Å². The first kappa shape index (κ1) is 26.1. The van der Waals surface area contributed by atoms with Crippen LogP contribution in [-0.4, -0.2) is 38.7 Å². The Hall–Kier alpha value is -3.14. The molecule has 0 aliphatic carbocycles. The van der Waals surface area contributed by atoms with Crippen LogP contribution in [0.5, 0.6) is 5.75 Å². The van der Waals surface area contributed by atoms with Crippen molar-refractivity contribution >= 4 is 27.3 Å². The van der Waals surface area contributed by atoms with Crippen LogP contribution in [0.1, 0.15) is 43.9 Å². The largest absolute Gasteiger partial charge is 0.495 e. The molecule has 2 aromatic carbocycles. The van der Waals surface area contributed by atoms with Gasteiger partial charge in [-0.3, -0.25) is 19.2 Å². The molecule has 0 aliphatic rings. The van der Waals surface area contributed by atoms with E-state index in [0.717, 1.165) is 46.2 Å². The number of nitrogens with zero attached hydrogens (tertiary/aromatic N) is 2. The summed E-state index contributed by atoms with van der Waals surface area (Å²) in [7, 11) is -2.65. The Morgan fingerprint density at radius 2 is 1.82 bits per heavy atom. The van der Waals surface area contributed by atoms with E-state index in [1.807, 2.05) is 26.0 Å². The monoisotopic (exact) mass is 477 g/mol. The molecule has 180 valence electrons. The zero-order chi connectivity index (χ0) is 24.8. The van der Waals surface area contributed by atoms with Crippen molar-refractivity contribution in [2.45, 2.75) is 52.6 Å². The van der Waals surface area contributed by atoms with Crippen LogP contribution in [0.2, 0.25) is 0 Å². The average molecular weight is 478 g/mol. The van der Waals surface area contributed by atoms with Gasteiger partial charge in [-0.25, -0.2) is 8.42 Å². The third kappa shape index (κ3) is 6.22. The first-order valence-corrected chi connectivity index (χ1v) is 12.6. The van der Waals surface area contributed by atoms with Gasteiger partial charge in [0.2, 0.25) is 15.9 Å². The van der Waals surface area contributed by atoms with E-state index in [0.29, 0.717) is 0 Å². The summed E-state index contributed by atoms with van der Waals surface area (Å²) in [6, 6.07) is 8.66. The number of anilines is 1. The maximum absolute atomic E-state index is 13.2. The molecule has 1 N–H and O–H groups in total. The number of hydrogen-bond donors (Lipinski definition) is 1. The number of hydrogen-bond acceptors (Lipinski definition) is 6. The maximum Gasteiger partial charge on any atom is 0.271 e. The number of nitrogens with one attached hydrogen (secondary N) is 1. The predicted octanol–water partition coefficient (Wildman–Crippen LogP) is 3.59. The molecule has 10 heteroatoms. The van der Waals surface area contributed by atoms with Gasteiger partial charge < -0.3 is 10.1 Å². The molecule has 33 heavy (non-hydrogen) atoms. The minimum absolute atomic E-state index is 0.0570. The van der Waals surface area contributed by atoms with Crippen molar-refractivity contribution in [1.82, 2.24) is 5.32 Å². The van der Waals surface area contributed by atoms with Gasteiger partial charge in [0.15, 0.2) is 0 Å². The van der Waals surface area contributed by atoms with Crippen molar-refractivity contribution in [1.29, 1.82) is 0 Å². The van der Waals surface area contributed by atoms with Gasteiger partial charge in [-0.2, -0.15) is 0 Å². The van der Waals surface area contributed by atoms with Crippen molar-refractivity contribution in [2.75, 3.05) is 17.7 Å². The van der Waals surface area contributed by atoms with Crippen LogP contribution in [0.3, 0.4) is 0 Å². The third-order valence-corrected chi connectivity index (χ3v) is 6.62. The van der Waals surface area contributed by atoms with Gasteiger partial charge in [-0.05, 0) is 42.0 Å². The van der Waals surface area contributed by atoms with Crippen LogP contribution in [-0.2, 0) is 34.2 Å². The number of ether oxygens (including phenoxy) is 1. The summed E-state index contributed by atoms with van der Waals surface area (Å²) < 4.78 is 31.7. The van der Waals surface area contributed by atoms with Crippen LogP contribution in [0.25, 0.3) is 0 Å². The van der Waals surface area contributed by atoms with Gasteiger partial charge >= 0.3 is 0 Å². The molecule has 2 aromatic rings. The Balaban J connectivity index is 2.44. The number of nitro groups is 1. The van der Waals surface area contributed by atoms with Crippen molar-refractivity contribution < 1.29 is 22.9 Å². The first-order valence-electron chi connectivity index (χ1n) is 10.8. The molecule has 0 saturated carbocycles. The first-order chi connectivity index (χ1) is 15.6. The van der Waals surface area contributed by atoms with E-state index in [1.54, 1.807) is 6.92 Å². The molecule has 0 fully saturated rings. The second-order valence-corrected chi connectivity index (χ2v) is 9.48. The number of nitro benzene ring substituents is 1. The number of non-ortho nitro benzene ring substituents is 1. The van der Waals surface area contributed by atoms with E-state index < -0.39 is 26.9 Å². The van der Waals surface area contributed by atoms with Gasteiger partial charge in [0.25, 0.3) is 5.69 Å². The van der Waals surface area contributed by atoms with Gasteiger partial charge in [0.05, 0.1) is 18.3 Å². The molecule has 2 rings (SSSR count). The standard InChI is InChI=1S/C23H31N3O6S/c1-6-16-9-10-17(7-2)18(13-16)15-24-23(27)20(8-3)25(33(5,30)31)21-14-19(26(28)29)11-12-22(21)32-4/h9-14,20H,6-8,15H2,1-5H3,(H,24,27)/t20-/m0/s1. The van der Waals surface area contributed by atoms with E-state index >= 15 is 0 Å². The second kappa shape index (κ2) is 11.1. The summed E-state index contributed by atoms with van der Waals surface area (Å²) in [6.07, 6.45) is 2.77. The number of benzene rings is 2. The number of aryl methyl sites for hydroxylation is 2. The lowest BCUT2D eigenvalue weighted by Crippen LogP contribution is -2.49. The predicted molar refractivity (Wildman–Crippen MR) is 128 cm³/mol. The average Bonchev–Trinajstić information content (AvgIpc) is 2.79. The minimum atomic E-state index is -3.99. The summed E-state index contributed by atoms with van der Waals surface area (Å²) in [4.78, 5) is 23.8. The van der Waals surface area contributed by atoms with Gasteiger partial charge in [-0.15, -0.1) is 0 Å². The molecule has 0 unspecified atom stereocenters. The number of amides is 1. The quantitative estimate of drug-likeness (QED) is 0.390. The van der Waals surface area contributed by atoms with Gasteiger partial charge in [0.1, 0.15) is 17.5 Å². The summed E-state index contributed by atoms with van der Waals surface area (Å²) in [6.45, 7) is 6.01. The van der Waals surface area contributed by atoms with E-state index in [4.69, 9.17) is 4.74 Å². The molecule has 0 spiro atoms. The highest BCUT2D eigenvalue weighted by Crippen LogP contribution is 2.35. The highest BCUT2D eigenvalue weighted by atomic mass is 32.2. The summed E-state index contributed by atoms with van der Waals surface area (Å²) in [5.74, 6) is -0.387. The normalized spacial score (nSPS) is 12.2. The molecule has 0 bridgehead atoms. The SMILES string of the molecule is CCc1ccc(CC)c(CNC(=O)[C@H](CC)N(c2cc([N+](=O)[O-])ccc2OC)S(C)(=O)=O)c1. The van der Waals surface area contributed by atoms with Crippen LogP contribution in [0.4, 0.5) is 11.4 Å². The fourth-order valence-corrected chi connectivity index (χ4v) is 4.92. The molecule has 0 heterocycles. The molecular weight excluding hydrogens is 446 g/mol. The molecular formula is C23H31N3O6S. The molecule has 9 nitrogen and oxygen atoms in total. The molecule has 0 aliphatic heterocycles. The molecule has 1 atom stereocenters. The van der Waals surface area contributed by atoms with Crippen molar-refractivity contribution in [3.05, 3.63) is 63.2 Å². The molecule has 0 radical (unpaired) electrons. The lowest BCUT2D eigenvalue weighted by atomic mass is 10.0. The van der Waals surface area contributed by atoms with E-state index in [2.05, 4.69) is 11.4 Å².